The van der Waals surface area contributed by atoms with Gasteiger partial charge in [-0.15, -0.1) is 24.0 Å². The molecule has 2 N–H and O–H groups in total. The minimum absolute atomic E-state index is 0. The van der Waals surface area contributed by atoms with Crippen molar-refractivity contribution >= 4 is 29.9 Å². The largest absolute Gasteiger partial charge is 0.491 e. The van der Waals surface area contributed by atoms with Crippen LogP contribution in [0.3, 0.4) is 0 Å². The van der Waals surface area contributed by atoms with Crippen molar-refractivity contribution in [3.8, 4) is 5.75 Å². The lowest BCUT2D eigenvalue weighted by Crippen LogP contribution is -2.44. The lowest BCUT2D eigenvalue weighted by molar-refractivity contribution is 0.0389. The molecular formula is C20H35IN4O2. The lowest BCUT2D eigenvalue weighted by Gasteiger charge is -2.26. The van der Waals surface area contributed by atoms with E-state index in [1.165, 1.54) is 5.56 Å². The molecule has 1 aliphatic rings. The summed E-state index contributed by atoms with van der Waals surface area (Å²) in [5.74, 6) is 1.77. The van der Waals surface area contributed by atoms with Gasteiger partial charge >= 0.3 is 0 Å². The average Bonchev–Trinajstić information content (AvgIpc) is 2.61. The van der Waals surface area contributed by atoms with E-state index < -0.39 is 0 Å². The molecule has 0 aromatic heterocycles. The first kappa shape index (κ1) is 24.0. The Morgan fingerprint density at radius 1 is 1.26 bits per heavy atom. The molecule has 1 fully saturated rings. The summed E-state index contributed by atoms with van der Waals surface area (Å²) in [6, 6.07) is 6.30. The van der Waals surface area contributed by atoms with Crippen LogP contribution in [0, 0.1) is 6.92 Å². The molecule has 0 atom stereocenters. The van der Waals surface area contributed by atoms with Crippen LogP contribution in [0.2, 0.25) is 0 Å². The molecule has 0 saturated carbocycles. The number of nitrogens with zero attached hydrogens (tertiary/aromatic N) is 2. The number of morpholine rings is 1. The van der Waals surface area contributed by atoms with E-state index in [9.17, 15) is 0 Å². The fourth-order valence-electron chi connectivity index (χ4n) is 2.82. The first-order valence-corrected chi connectivity index (χ1v) is 9.67. The fourth-order valence-corrected chi connectivity index (χ4v) is 2.82. The second kappa shape index (κ2) is 13.2. The van der Waals surface area contributed by atoms with E-state index in [4.69, 9.17) is 14.5 Å². The highest BCUT2D eigenvalue weighted by Crippen LogP contribution is 2.22. The molecule has 0 radical (unpaired) electrons. The van der Waals surface area contributed by atoms with Gasteiger partial charge in [0.05, 0.1) is 25.9 Å². The number of aliphatic imine (C=N–C) groups is 1. The van der Waals surface area contributed by atoms with Gasteiger partial charge in [0, 0.05) is 38.3 Å². The van der Waals surface area contributed by atoms with E-state index >= 15 is 0 Å². The fraction of sp³-hybridized carbons (Fsp3) is 0.650. The Balaban J connectivity index is 0.00000364. The predicted octanol–water partition coefficient (Wildman–Crippen LogP) is 2.79. The van der Waals surface area contributed by atoms with Crippen molar-refractivity contribution < 1.29 is 9.47 Å². The second-order valence-corrected chi connectivity index (χ2v) is 6.85. The molecule has 27 heavy (non-hydrogen) atoms. The monoisotopic (exact) mass is 490 g/mol. The molecule has 0 spiro atoms. The summed E-state index contributed by atoms with van der Waals surface area (Å²) in [6.45, 7) is 15.2. The van der Waals surface area contributed by atoms with Crippen molar-refractivity contribution in [3.63, 3.8) is 0 Å². The van der Waals surface area contributed by atoms with Crippen molar-refractivity contribution in [1.82, 2.24) is 15.5 Å². The van der Waals surface area contributed by atoms with Gasteiger partial charge in [0.25, 0.3) is 0 Å². The number of rotatable bonds is 8. The standard InChI is InChI=1S/C20H34N4O2.HI/c1-5-21-20(22-8-9-24-10-12-25-13-11-24)23-15-18-7-6-17(4)14-19(18)26-16(2)3;/h6-7,14,16H,5,8-13,15H2,1-4H3,(H2,21,22,23);1H. The Morgan fingerprint density at radius 2 is 2.00 bits per heavy atom. The molecule has 1 saturated heterocycles. The average molecular weight is 490 g/mol. The number of halogens is 1. The molecule has 1 aliphatic heterocycles. The van der Waals surface area contributed by atoms with Gasteiger partial charge in [-0.3, -0.25) is 4.90 Å². The molecule has 0 bridgehead atoms. The summed E-state index contributed by atoms with van der Waals surface area (Å²) in [4.78, 5) is 7.15. The normalized spacial score (nSPS) is 15.4. The molecule has 0 amide bonds. The topological polar surface area (TPSA) is 58.1 Å². The van der Waals surface area contributed by atoms with E-state index in [1.54, 1.807) is 0 Å². The number of nitrogens with one attached hydrogen (secondary N) is 2. The Hall–Kier alpha value is -1.06. The molecular weight excluding hydrogens is 455 g/mol. The first-order valence-electron chi connectivity index (χ1n) is 9.67. The maximum absolute atomic E-state index is 5.95. The third kappa shape index (κ3) is 9.12. The van der Waals surface area contributed by atoms with Crippen LogP contribution in [0.15, 0.2) is 23.2 Å². The molecule has 6 nitrogen and oxygen atoms in total. The summed E-state index contributed by atoms with van der Waals surface area (Å²) in [5, 5.41) is 6.74. The minimum atomic E-state index is 0. The molecule has 1 aromatic carbocycles. The number of guanidine groups is 1. The maximum atomic E-state index is 5.95. The van der Waals surface area contributed by atoms with Gasteiger partial charge in [-0.25, -0.2) is 4.99 Å². The Morgan fingerprint density at radius 3 is 2.67 bits per heavy atom. The van der Waals surface area contributed by atoms with Gasteiger partial charge in [-0.1, -0.05) is 12.1 Å². The van der Waals surface area contributed by atoms with Crippen molar-refractivity contribution in [2.75, 3.05) is 45.9 Å². The highest BCUT2D eigenvalue weighted by molar-refractivity contribution is 14.0. The maximum Gasteiger partial charge on any atom is 0.191 e. The van der Waals surface area contributed by atoms with Gasteiger partial charge in [-0.05, 0) is 39.3 Å². The number of hydrogen-bond acceptors (Lipinski definition) is 4. The third-order valence-electron chi connectivity index (χ3n) is 4.16. The Labute approximate surface area is 181 Å². The Bertz CT molecular complexity index is 575. The predicted molar refractivity (Wildman–Crippen MR) is 122 cm³/mol. The van der Waals surface area contributed by atoms with E-state index in [0.29, 0.717) is 6.54 Å². The first-order chi connectivity index (χ1) is 12.6. The van der Waals surface area contributed by atoms with Crippen molar-refractivity contribution in [2.45, 2.75) is 40.3 Å². The van der Waals surface area contributed by atoms with Gasteiger partial charge in [0.1, 0.15) is 5.75 Å². The van der Waals surface area contributed by atoms with E-state index in [1.807, 2.05) is 13.8 Å². The zero-order valence-electron chi connectivity index (χ0n) is 17.1. The second-order valence-electron chi connectivity index (χ2n) is 6.85. The van der Waals surface area contributed by atoms with Crippen molar-refractivity contribution in [2.24, 2.45) is 4.99 Å². The zero-order valence-corrected chi connectivity index (χ0v) is 19.4. The summed E-state index contributed by atoms with van der Waals surface area (Å²) in [6.07, 6.45) is 0.152. The number of hydrogen-bond donors (Lipinski definition) is 2. The lowest BCUT2D eigenvalue weighted by atomic mass is 10.1. The van der Waals surface area contributed by atoms with Crippen LogP contribution in [0.5, 0.6) is 5.75 Å². The molecule has 2 rings (SSSR count). The van der Waals surface area contributed by atoms with Crippen LogP contribution in [0.1, 0.15) is 31.9 Å². The number of aryl methyl sites for hydroxylation is 1. The van der Waals surface area contributed by atoms with Gasteiger partial charge in [0.2, 0.25) is 0 Å². The summed E-state index contributed by atoms with van der Waals surface area (Å²) >= 11 is 0. The van der Waals surface area contributed by atoms with Crippen molar-refractivity contribution in [1.29, 1.82) is 0 Å². The quantitative estimate of drug-likeness (QED) is 0.334. The van der Waals surface area contributed by atoms with Crippen LogP contribution < -0.4 is 15.4 Å². The molecule has 1 heterocycles. The SMILES string of the molecule is CCNC(=NCc1ccc(C)cc1OC(C)C)NCCN1CCOCC1.I. The molecule has 7 heteroatoms. The third-order valence-corrected chi connectivity index (χ3v) is 4.16. The minimum Gasteiger partial charge on any atom is -0.491 e. The molecule has 1 aromatic rings. The van der Waals surface area contributed by atoms with Crippen LogP contribution in [0.25, 0.3) is 0 Å². The van der Waals surface area contributed by atoms with Crippen LogP contribution in [-0.4, -0.2) is 62.9 Å². The summed E-state index contributed by atoms with van der Waals surface area (Å²) in [7, 11) is 0. The van der Waals surface area contributed by atoms with Crippen LogP contribution >= 0.6 is 24.0 Å². The molecule has 154 valence electrons. The van der Waals surface area contributed by atoms with E-state index in [-0.39, 0.29) is 30.1 Å². The van der Waals surface area contributed by atoms with Gasteiger partial charge < -0.3 is 20.1 Å². The summed E-state index contributed by atoms with van der Waals surface area (Å²) in [5.41, 5.74) is 2.30. The zero-order chi connectivity index (χ0) is 18.8. The van der Waals surface area contributed by atoms with Crippen LogP contribution in [0.4, 0.5) is 0 Å². The van der Waals surface area contributed by atoms with Crippen LogP contribution in [-0.2, 0) is 11.3 Å². The van der Waals surface area contributed by atoms with Crippen molar-refractivity contribution in [3.05, 3.63) is 29.3 Å². The number of benzene rings is 1. The highest BCUT2D eigenvalue weighted by Gasteiger charge is 2.10. The summed E-state index contributed by atoms with van der Waals surface area (Å²) < 4.78 is 11.3. The number of ether oxygens (including phenoxy) is 2. The molecule has 0 unspecified atom stereocenters. The van der Waals surface area contributed by atoms with Gasteiger partial charge in [-0.2, -0.15) is 0 Å². The molecule has 0 aliphatic carbocycles. The smallest absolute Gasteiger partial charge is 0.191 e. The highest BCUT2D eigenvalue weighted by atomic mass is 127. The van der Waals surface area contributed by atoms with E-state index in [2.05, 4.69) is 47.6 Å². The van der Waals surface area contributed by atoms with E-state index in [0.717, 1.165) is 63.2 Å². The Kier molecular flexibility index (Phi) is 11.7. The van der Waals surface area contributed by atoms with Gasteiger partial charge in [0.15, 0.2) is 5.96 Å².